The normalized spacial score (nSPS) is 16.1. The van der Waals surface area contributed by atoms with Crippen molar-refractivity contribution in [2.24, 2.45) is 0 Å². The van der Waals surface area contributed by atoms with Crippen molar-refractivity contribution >= 4 is 5.91 Å². The first-order valence-electron chi connectivity index (χ1n) is 8.81. The Hall–Kier alpha value is -2.50. The number of nitrogens with one attached hydrogen (secondary N) is 1. The van der Waals surface area contributed by atoms with E-state index in [9.17, 15) is 15.0 Å². The van der Waals surface area contributed by atoms with Gasteiger partial charge in [-0.05, 0) is 50.8 Å². The number of benzene rings is 1. The Morgan fingerprint density at radius 1 is 1.32 bits per heavy atom. The van der Waals surface area contributed by atoms with E-state index in [1.54, 1.807) is 12.3 Å². The smallest absolute Gasteiger partial charge is 0.254 e. The Morgan fingerprint density at radius 2 is 2.04 bits per heavy atom. The molecule has 1 aromatic carbocycles. The number of hydrogen-bond donors (Lipinski definition) is 3. The van der Waals surface area contributed by atoms with Gasteiger partial charge in [0.2, 0.25) is 0 Å². The lowest BCUT2D eigenvalue weighted by Crippen LogP contribution is -2.34. The minimum Gasteiger partial charge on any atom is -0.504 e. The van der Waals surface area contributed by atoms with Crippen LogP contribution in [0.2, 0.25) is 0 Å². The van der Waals surface area contributed by atoms with Gasteiger partial charge in [-0.3, -0.25) is 9.48 Å². The standard InChI is InChI=1S/C19H25N3O3/c1-12(9-14-7-8-17(23)18(24)10-14)21-19(25)16-11-20-22(13(16)2)15-5-3-4-6-15/h7-8,10-12,15,23-24H,3-6,9H2,1-2H3,(H,21,25). The second kappa shape index (κ2) is 7.17. The average molecular weight is 343 g/mol. The van der Waals surface area contributed by atoms with Crippen LogP contribution in [0, 0.1) is 6.92 Å². The fourth-order valence-electron chi connectivity index (χ4n) is 3.57. The summed E-state index contributed by atoms with van der Waals surface area (Å²) in [6.45, 7) is 3.86. The van der Waals surface area contributed by atoms with Crippen molar-refractivity contribution in [3.63, 3.8) is 0 Å². The van der Waals surface area contributed by atoms with E-state index in [1.165, 1.54) is 25.0 Å². The Bertz CT molecular complexity index is 763. The van der Waals surface area contributed by atoms with Gasteiger partial charge in [0.15, 0.2) is 11.5 Å². The SMILES string of the molecule is Cc1c(C(=O)NC(C)Cc2ccc(O)c(O)c2)cnn1C1CCCC1. The third kappa shape index (κ3) is 3.78. The molecule has 1 fully saturated rings. The summed E-state index contributed by atoms with van der Waals surface area (Å²) < 4.78 is 1.99. The van der Waals surface area contributed by atoms with Gasteiger partial charge in [0.1, 0.15) is 0 Å². The molecule has 3 rings (SSSR count). The Labute approximate surface area is 147 Å². The first-order valence-corrected chi connectivity index (χ1v) is 8.81. The summed E-state index contributed by atoms with van der Waals surface area (Å²) in [5, 5.41) is 26.3. The van der Waals surface area contributed by atoms with E-state index in [0.717, 1.165) is 24.1 Å². The predicted molar refractivity (Wildman–Crippen MR) is 94.9 cm³/mol. The first-order chi connectivity index (χ1) is 12.0. The first kappa shape index (κ1) is 17.3. The van der Waals surface area contributed by atoms with Gasteiger partial charge in [0, 0.05) is 11.7 Å². The number of amides is 1. The van der Waals surface area contributed by atoms with Crippen LogP contribution in [-0.2, 0) is 6.42 Å². The molecule has 25 heavy (non-hydrogen) atoms. The summed E-state index contributed by atoms with van der Waals surface area (Å²) in [5.41, 5.74) is 2.38. The van der Waals surface area contributed by atoms with Crippen LogP contribution in [0.25, 0.3) is 0 Å². The molecule has 1 aliphatic rings. The van der Waals surface area contributed by atoms with Crippen molar-refractivity contribution in [1.82, 2.24) is 15.1 Å². The van der Waals surface area contributed by atoms with Crippen molar-refractivity contribution in [3.05, 3.63) is 41.2 Å². The summed E-state index contributed by atoms with van der Waals surface area (Å²) in [5.74, 6) is -0.419. The molecule has 6 heteroatoms. The van der Waals surface area contributed by atoms with Gasteiger partial charge in [-0.25, -0.2) is 0 Å². The minimum atomic E-state index is -0.148. The zero-order valence-electron chi connectivity index (χ0n) is 14.7. The van der Waals surface area contributed by atoms with Gasteiger partial charge in [-0.1, -0.05) is 18.9 Å². The van der Waals surface area contributed by atoms with Crippen LogP contribution in [0.4, 0.5) is 0 Å². The molecule has 1 aromatic heterocycles. The molecule has 0 spiro atoms. The molecule has 1 atom stereocenters. The Morgan fingerprint density at radius 3 is 2.72 bits per heavy atom. The van der Waals surface area contributed by atoms with Gasteiger partial charge in [-0.2, -0.15) is 5.10 Å². The van der Waals surface area contributed by atoms with Crippen LogP contribution in [0.5, 0.6) is 11.5 Å². The van der Waals surface area contributed by atoms with Crippen LogP contribution >= 0.6 is 0 Å². The molecule has 2 aromatic rings. The topological polar surface area (TPSA) is 87.4 Å². The number of aromatic nitrogens is 2. The van der Waals surface area contributed by atoms with E-state index >= 15 is 0 Å². The van der Waals surface area contributed by atoms with Gasteiger partial charge in [-0.15, -0.1) is 0 Å². The molecule has 0 saturated heterocycles. The van der Waals surface area contributed by atoms with E-state index in [2.05, 4.69) is 10.4 Å². The predicted octanol–water partition coefficient (Wildman–Crippen LogP) is 3.08. The summed E-state index contributed by atoms with van der Waals surface area (Å²) >= 11 is 0. The average Bonchev–Trinajstić information content (AvgIpc) is 3.20. The maximum atomic E-state index is 12.6. The molecular formula is C19H25N3O3. The third-order valence-corrected chi connectivity index (χ3v) is 4.92. The van der Waals surface area contributed by atoms with E-state index in [1.807, 2.05) is 18.5 Å². The lowest BCUT2D eigenvalue weighted by Gasteiger charge is -2.15. The molecule has 1 saturated carbocycles. The number of rotatable bonds is 5. The van der Waals surface area contributed by atoms with E-state index in [0.29, 0.717) is 18.0 Å². The molecule has 1 aliphatic carbocycles. The Kier molecular flexibility index (Phi) is 4.97. The Balaban J connectivity index is 1.64. The monoisotopic (exact) mass is 343 g/mol. The highest BCUT2D eigenvalue weighted by Gasteiger charge is 2.23. The van der Waals surface area contributed by atoms with Crippen molar-refractivity contribution in [2.45, 2.75) is 58.0 Å². The fourth-order valence-corrected chi connectivity index (χ4v) is 3.57. The molecule has 1 amide bonds. The molecule has 0 radical (unpaired) electrons. The lowest BCUT2D eigenvalue weighted by molar-refractivity contribution is 0.0939. The second-order valence-corrected chi connectivity index (χ2v) is 6.93. The number of hydrogen-bond acceptors (Lipinski definition) is 4. The van der Waals surface area contributed by atoms with Gasteiger partial charge in [0.25, 0.3) is 5.91 Å². The largest absolute Gasteiger partial charge is 0.504 e. The molecule has 0 aliphatic heterocycles. The van der Waals surface area contributed by atoms with E-state index in [-0.39, 0.29) is 23.4 Å². The van der Waals surface area contributed by atoms with Crippen LogP contribution < -0.4 is 5.32 Å². The van der Waals surface area contributed by atoms with Crippen molar-refractivity contribution < 1.29 is 15.0 Å². The summed E-state index contributed by atoms with van der Waals surface area (Å²) in [4.78, 5) is 12.6. The molecule has 134 valence electrons. The van der Waals surface area contributed by atoms with Crippen LogP contribution in [0.3, 0.4) is 0 Å². The number of phenols is 2. The highest BCUT2D eigenvalue weighted by molar-refractivity contribution is 5.95. The second-order valence-electron chi connectivity index (χ2n) is 6.93. The van der Waals surface area contributed by atoms with Crippen LogP contribution in [-0.4, -0.2) is 31.9 Å². The quantitative estimate of drug-likeness (QED) is 0.728. The molecule has 0 bridgehead atoms. The summed E-state index contributed by atoms with van der Waals surface area (Å²) in [7, 11) is 0. The van der Waals surface area contributed by atoms with E-state index < -0.39 is 0 Å². The maximum absolute atomic E-state index is 12.6. The molecule has 1 heterocycles. The third-order valence-electron chi connectivity index (χ3n) is 4.92. The maximum Gasteiger partial charge on any atom is 0.254 e. The number of aromatic hydroxyl groups is 2. The number of carbonyl (C=O) groups excluding carboxylic acids is 1. The highest BCUT2D eigenvalue weighted by atomic mass is 16.3. The number of carbonyl (C=O) groups is 1. The van der Waals surface area contributed by atoms with Crippen molar-refractivity contribution in [1.29, 1.82) is 0 Å². The highest BCUT2D eigenvalue weighted by Crippen LogP contribution is 2.30. The van der Waals surface area contributed by atoms with Crippen LogP contribution in [0.15, 0.2) is 24.4 Å². The zero-order valence-corrected chi connectivity index (χ0v) is 14.7. The van der Waals surface area contributed by atoms with Crippen molar-refractivity contribution in [3.8, 4) is 11.5 Å². The lowest BCUT2D eigenvalue weighted by atomic mass is 10.1. The number of phenolic OH excluding ortho intramolecular Hbond substituents is 2. The van der Waals surface area contributed by atoms with Crippen molar-refractivity contribution in [2.75, 3.05) is 0 Å². The van der Waals surface area contributed by atoms with E-state index in [4.69, 9.17) is 0 Å². The van der Waals surface area contributed by atoms with Gasteiger partial charge in [0.05, 0.1) is 17.8 Å². The zero-order chi connectivity index (χ0) is 18.0. The fraction of sp³-hybridized carbons (Fsp3) is 0.474. The molecule has 6 nitrogen and oxygen atoms in total. The molecular weight excluding hydrogens is 318 g/mol. The summed E-state index contributed by atoms with van der Waals surface area (Å²) in [6.07, 6.45) is 6.93. The number of nitrogens with zero attached hydrogens (tertiary/aromatic N) is 2. The molecule has 1 unspecified atom stereocenters. The molecule has 3 N–H and O–H groups in total. The minimum absolute atomic E-state index is 0.106. The van der Waals surface area contributed by atoms with Gasteiger partial charge >= 0.3 is 0 Å². The van der Waals surface area contributed by atoms with Gasteiger partial charge < -0.3 is 15.5 Å². The van der Waals surface area contributed by atoms with Crippen LogP contribution in [0.1, 0.15) is 60.3 Å². The summed E-state index contributed by atoms with van der Waals surface area (Å²) in [6, 6.07) is 5.02.